The molecule has 0 spiro atoms. The maximum Gasteiger partial charge on any atom is 0.339 e. The Balaban J connectivity index is 3.47. The summed E-state index contributed by atoms with van der Waals surface area (Å²) in [5.41, 5.74) is -0.303. The van der Waals surface area contributed by atoms with Crippen LogP contribution in [0.15, 0.2) is 12.1 Å². The average molecular weight is 216 g/mol. The monoisotopic (exact) mass is 216 g/mol. The molecule has 1 N–H and O–H groups in total. The number of rotatable bonds is 3. The largest absolute Gasteiger partial charge is 0.495 e. The number of halogens is 2. The molecule has 0 saturated carbocycles. The molecule has 5 heteroatoms. The Labute approximate surface area is 85.3 Å². The average Bonchev–Trinajstić information content (AvgIpc) is 2.15. The van der Waals surface area contributed by atoms with Gasteiger partial charge in [0.1, 0.15) is 11.3 Å². The van der Waals surface area contributed by atoms with Crippen molar-refractivity contribution in [2.45, 2.75) is 13.3 Å². The molecular weight excluding hydrogens is 206 g/mol. The van der Waals surface area contributed by atoms with Gasteiger partial charge >= 0.3 is 5.97 Å². The number of ether oxygens (including phenoxy) is 1. The minimum absolute atomic E-state index is 0.251. The highest BCUT2D eigenvalue weighted by Crippen LogP contribution is 2.34. The molecule has 0 aliphatic heterocycles. The van der Waals surface area contributed by atoms with E-state index in [-0.39, 0.29) is 16.9 Å². The molecule has 0 aliphatic rings. The van der Waals surface area contributed by atoms with Crippen LogP contribution in [0.25, 0.3) is 0 Å². The van der Waals surface area contributed by atoms with E-state index in [0.29, 0.717) is 5.56 Å². The fraction of sp³-hybridized carbons (Fsp3) is 0.300. The minimum Gasteiger partial charge on any atom is -0.495 e. The predicted octanol–water partition coefficient (Wildman–Crippen LogP) is 2.64. The SMILES string of the molecule is COc1c(C(=O)O)ccc(C)c1C(F)F. The standard InChI is InChI=1S/C10H10F2O3/c1-5-3-4-6(10(13)14)8(15-2)7(5)9(11)12/h3-4,9H,1-2H3,(H,13,14). The smallest absolute Gasteiger partial charge is 0.339 e. The van der Waals surface area contributed by atoms with Gasteiger partial charge < -0.3 is 9.84 Å². The molecule has 0 atom stereocenters. The molecule has 15 heavy (non-hydrogen) atoms. The van der Waals surface area contributed by atoms with E-state index in [1.807, 2.05) is 0 Å². The number of aryl methyl sites for hydroxylation is 1. The number of carboxylic acid groups (broad SMARTS) is 1. The lowest BCUT2D eigenvalue weighted by molar-refractivity contribution is 0.0692. The van der Waals surface area contributed by atoms with E-state index < -0.39 is 12.4 Å². The van der Waals surface area contributed by atoms with Crippen LogP contribution in [-0.4, -0.2) is 18.2 Å². The van der Waals surface area contributed by atoms with Gasteiger partial charge in [-0.05, 0) is 18.6 Å². The van der Waals surface area contributed by atoms with Gasteiger partial charge in [0.15, 0.2) is 0 Å². The predicted molar refractivity (Wildman–Crippen MR) is 49.6 cm³/mol. The van der Waals surface area contributed by atoms with Gasteiger partial charge in [0.25, 0.3) is 6.43 Å². The number of carbonyl (C=O) groups is 1. The Morgan fingerprint density at radius 1 is 1.47 bits per heavy atom. The number of benzene rings is 1. The molecule has 0 bridgehead atoms. The number of aromatic carboxylic acids is 1. The number of carboxylic acids is 1. The van der Waals surface area contributed by atoms with Crippen LogP contribution in [0, 0.1) is 6.92 Å². The maximum absolute atomic E-state index is 12.6. The lowest BCUT2D eigenvalue weighted by Gasteiger charge is -2.13. The second-order valence-corrected chi connectivity index (χ2v) is 2.98. The first-order valence-electron chi connectivity index (χ1n) is 4.18. The molecule has 3 nitrogen and oxygen atoms in total. The minimum atomic E-state index is -2.75. The Morgan fingerprint density at radius 3 is 2.47 bits per heavy atom. The summed E-state index contributed by atoms with van der Waals surface area (Å²) in [6.45, 7) is 1.48. The van der Waals surface area contributed by atoms with E-state index in [1.54, 1.807) is 0 Å². The third-order valence-corrected chi connectivity index (χ3v) is 2.07. The Kier molecular flexibility index (Phi) is 3.24. The Morgan fingerprint density at radius 2 is 2.07 bits per heavy atom. The summed E-state index contributed by atoms with van der Waals surface area (Å²) in [6.07, 6.45) is -2.75. The van der Waals surface area contributed by atoms with Crippen molar-refractivity contribution in [3.8, 4) is 5.75 Å². The summed E-state index contributed by atoms with van der Waals surface area (Å²) in [6, 6.07) is 2.59. The van der Waals surface area contributed by atoms with E-state index in [2.05, 4.69) is 0 Å². The Hall–Kier alpha value is -1.65. The van der Waals surface area contributed by atoms with Gasteiger partial charge in [-0.3, -0.25) is 0 Å². The number of alkyl halides is 2. The second-order valence-electron chi connectivity index (χ2n) is 2.98. The quantitative estimate of drug-likeness (QED) is 0.844. The van der Waals surface area contributed by atoms with Crippen molar-refractivity contribution < 1.29 is 23.4 Å². The first kappa shape index (κ1) is 11.4. The van der Waals surface area contributed by atoms with Crippen LogP contribution in [0.3, 0.4) is 0 Å². The molecule has 0 aromatic heterocycles. The van der Waals surface area contributed by atoms with Crippen LogP contribution in [-0.2, 0) is 0 Å². The van der Waals surface area contributed by atoms with E-state index >= 15 is 0 Å². The van der Waals surface area contributed by atoms with Crippen molar-refractivity contribution in [1.29, 1.82) is 0 Å². The molecular formula is C10H10F2O3. The fourth-order valence-corrected chi connectivity index (χ4v) is 1.36. The molecule has 0 radical (unpaired) electrons. The van der Waals surface area contributed by atoms with Crippen LogP contribution in [0.1, 0.15) is 27.9 Å². The lowest BCUT2D eigenvalue weighted by atomic mass is 10.0. The summed E-state index contributed by atoms with van der Waals surface area (Å²) in [5.74, 6) is -1.55. The molecule has 0 heterocycles. The molecule has 0 unspecified atom stereocenters. The number of hydrogen-bond acceptors (Lipinski definition) is 2. The summed E-state index contributed by atoms with van der Waals surface area (Å²) < 4.78 is 30.0. The van der Waals surface area contributed by atoms with E-state index in [1.165, 1.54) is 26.2 Å². The number of hydrogen-bond donors (Lipinski definition) is 1. The summed E-state index contributed by atoms with van der Waals surface area (Å²) >= 11 is 0. The molecule has 1 aromatic carbocycles. The van der Waals surface area contributed by atoms with Crippen molar-refractivity contribution in [2.24, 2.45) is 0 Å². The topological polar surface area (TPSA) is 46.5 Å². The first-order chi connectivity index (χ1) is 6.99. The van der Waals surface area contributed by atoms with Gasteiger partial charge in [-0.2, -0.15) is 0 Å². The molecule has 0 fully saturated rings. The van der Waals surface area contributed by atoms with Gasteiger partial charge in [0.05, 0.1) is 12.7 Å². The van der Waals surface area contributed by atoms with Gasteiger partial charge in [-0.15, -0.1) is 0 Å². The highest BCUT2D eigenvalue weighted by atomic mass is 19.3. The zero-order valence-electron chi connectivity index (χ0n) is 8.25. The van der Waals surface area contributed by atoms with Crippen LogP contribution in [0.5, 0.6) is 5.75 Å². The molecule has 0 amide bonds. The van der Waals surface area contributed by atoms with Crippen LogP contribution >= 0.6 is 0 Å². The van der Waals surface area contributed by atoms with E-state index in [0.717, 1.165) is 0 Å². The molecule has 1 rings (SSSR count). The van der Waals surface area contributed by atoms with Crippen LogP contribution in [0.4, 0.5) is 8.78 Å². The van der Waals surface area contributed by atoms with Gasteiger partial charge in [-0.25, -0.2) is 13.6 Å². The van der Waals surface area contributed by atoms with Crippen molar-refractivity contribution >= 4 is 5.97 Å². The van der Waals surface area contributed by atoms with Crippen LogP contribution in [0.2, 0.25) is 0 Å². The molecule has 1 aromatic rings. The molecule has 0 saturated heterocycles. The van der Waals surface area contributed by atoms with Crippen molar-refractivity contribution in [2.75, 3.05) is 7.11 Å². The maximum atomic E-state index is 12.6. The zero-order valence-corrected chi connectivity index (χ0v) is 8.25. The second kappa shape index (κ2) is 4.25. The summed E-state index contributed by atoms with van der Waals surface area (Å²) in [4.78, 5) is 10.7. The van der Waals surface area contributed by atoms with Crippen LogP contribution < -0.4 is 4.74 Å². The molecule has 0 aliphatic carbocycles. The zero-order chi connectivity index (χ0) is 11.6. The third kappa shape index (κ3) is 2.06. The lowest BCUT2D eigenvalue weighted by Crippen LogP contribution is -2.05. The van der Waals surface area contributed by atoms with E-state index in [9.17, 15) is 13.6 Å². The van der Waals surface area contributed by atoms with Gasteiger partial charge in [-0.1, -0.05) is 6.07 Å². The van der Waals surface area contributed by atoms with Crippen molar-refractivity contribution in [3.63, 3.8) is 0 Å². The van der Waals surface area contributed by atoms with E-state index in [4.69, 9.17) is 9.84 Å². The van der Waals surface area contributed by atoms with Crippen molar-refractivity contribution in [1.82, 2.24) is 0 Å². The highest BCUT2D eigenvalue weighted by molar-refractivity contribution is 5.91. The summed E-state index contributed by atoms with van der Waals surface area (Å²) in [7, 11) is 1.17. The first-order valence-corrected chi connectivity index (χ1v) is 4.18. The fourth-order valence-electron chi connectivity index (χ4n) is 1.36. The third-order valence-electron chi connectivity index (χ3n) is 2.07. The summed E-state index contributed by atoms with van der Waals surface area (Å²) in [5, 5.41) is 8.77. The molecule has 82 valence electrons. The van der Waals surface area contributed by atoms with Gasteiger partial charge in [0, 0.05) is 0 Å². The highest BCUT2D eigenvalue weighted by Gasteiger charge is 2.22. The van der Waals surface area contributed by atoms with Crippen molar-refractivity contribution in [3.05, 3.63) is 28.8 Å². The Bertz CT molecular complexity index is 388. The van der Waals surface area contributed by atoms with Gasteiger partial charge in [0.2, 0.25) is 0 Å². The normalized spacial score (nSPS) is 10.5. The number of methoxy groups -OCH3 is 1.